The normalized spacial score (nSPS) is 17.0. The molecule has 0 aromatic heterocycles. The summed E-state index contributed by atoms with van der Waals surface area (Å²) >= 11 is 0. The summed E-state index contributed by atoms with van der Waals surface area (Å²) in [7, 11) is 1.68. The number of carbonyl (C=O) groups is 2. The SMILES string of the molecule is CCCNC(=O)CN(C)C(=O)C1Cc2ccccc2CN1. The lowest BCUT2D eigenvalue weighted by molar-refractivity contribution is -0.136. The molecule has 0 fully saturated rings. The van der Waals surface area contributed by atoms with Gasteiger partial charge in [0.05, 0.1) is 12.6 Å². The standard InChI is InChI=1S/C16H23N3O2/c1-3-8-17-15(20)11-19(2)16(21)14-9-12-6-4-5-7-13(12)10-18-14/h4-7,14,18H,3,8-11H2,1-2H3,(H,17,20). The summed E-state index contributed by atoms with van der Waals surface area (Å²) in [5.74, 6) is -0.139. The topological polar surface area (TPSA) is 61.4 Å². The molecule has 1 aromatic rings. The molecule has 21 heavy (non-hydrogen) atoms. The number of hydrogen-bond acceptors (Lipinski definition) is 3. The number of carbonyl (C=O) groups excluding carboxylic acids is 2. The Kier molecular flexibility index (Phi) is 5.33. The number of likely N-dealkylation sites (N-methyl/N-ethyl adjacent to an activating group) is 1. The lowest BCUT2D eigenvalue weighted by Crippen LogP contribution is -2.50. The Morgan fingerprint density at radius 1 is 1.33 bits per heavy atom. The van der Waals surface area contributed by atoms with Gasteiger partial charge in [0, 0.05) is 20.1 Å². The van der Waals surface area contributed by atoms with E-state index in [1.165, 1.54) is 16.0 Å². The molecule has 0 saturated heterocycles. The molecule has 1 aromatic carbocycles. The fourth-order valence-electron chi connectivity index (χ4n) is 2.51. The van der Waals surface area contributed by atoms with Gasteiger partial charge in [-0.3, -0.25) is 9.59 Å². The first-order valence-electron chi connectivity index (χ1n) is 7.43. The van der Waals surface area contributed by atoms with Crippen molar-refractivity contribution < 1.29 is 9.59 Å². The average molecular weight is 289 g/mol. The van der Waals surface area contributed by atoms with Gasteiger partial charge in [-0.05, 0) is 24.0 Å². The minimum atomic E-state index is -0.246. The lowest BCUT2D eigenvalue weighted by atomic mass is 9.95. The molecule has 5 nitrogen and oxygen atoms in total. The molecule has 1 atom stereocenters. The number of amides is 2. The predicted octanol–water partition coefficient (Wildman–Crippen LogP) is 0.686. The molecule has 1 heterocycles. The van der Waals surface area contributed by atoms with Crippen LogP contribution in [0, 0.1) is 0 Å². The molecule has 2 rings (SSSR count). The van der Waals surface area contributed by atoms with Crippen molar-refractivity contribution >= 4 is 11.8 Å². The van der Waals surface area contributed by atoms with Crippen molar-refractivity contribution in [1.82, 2.24) is 15.5 Å². The number of nitrogens with one attached hydrogen (secondary N) is 2. The molecule has 0 bridgehead atoms. The zero-order valence-corrected chi connectivity index (χ0v) is 12.7. The second-order valence-electron chi connectivity index (χ2n) is 5.45. The van der Waals surface area contributed by atoms with E-state index in [0.29, 0.717) is 19.5 Å². The van der Waals surface area contributed by atoms with Crippen LogP contribution in [0.5, 0.6) is 0 Å². The first-order chi connectivity index (χ1) is 10.1. The van der Waals surface area contributed by atoms with Crippen molar-refractivity contribution in [3.8, 4) is 0 Å². The minimum Gasteiger partial charge on any atom is -0.355 e. The molecule has 2 amide bonds. The largest absolute Gasteiger partial charge is 0.355 e. The fraction of sp³-hybridized carbons (Fsp3) is 0.500. The fourth-order valence-corrected chi connectivity index (χ4v) is 2.51. The van der Waals surface area contributed by atoms with Gasteiger partial charge in [-0.1, -0.05) is 31.2 Å². The first kappa shape index (κ1) is 15.5. The summed E-state index contributed by atoms with van der Waals surface area (Å²) in [6.07, 6.45) is 1.57. The molecule has 1 aliphatic rings. The third-order valence-electron chi connectivity index (χ3n) is 3.71. The number of nitrogens with zero attached hydrogens (tertiary/aromatic N) is 1. The molecule has 0 aliphatic carbocycles. The maximum absolute atomic E-state index is 12.4. The Morgan fingerprint density at radius 2 is 2.05 bits per heavy atom. The van der Waals surface area contributed by atoms with Gasteiger partial charge in [-0.25, -0.2) is 0 Å². The van der Waals surface area contributed by atoms with Gasteiger partial charge in [0.1, 0.15) is 0 Å². The van der Waals surface area contributed by atoms with E-state index in [2.05, 4.69) is 22.8 Å². The van der Waals surface area contributed by atoms with Crippen LogP contribution in [-0.4, -0.2) is 42.9 Å². The molecule has 1 unspecified atom stereocenters. The first-order valence-corrected chi connectivity index (χ1v) is 7.43. The van der Waals surface area contributed by atoms with Crippen molar-refractivity contribution in [2.24, 2.45) is 0 Å². The van der Waals surface area contributed by atoms with Crippen LogP contribution in [0.2, 0.25) is 0 Å². The molecule has 0 spiro atoms. The predicted molar refractivity (Wildman–Crippen MR) is 81.7 cm³/mol. The van der Waals surface area contributed by atoms with Crippen LogP contribution in [0.4, 0.5) is 0 Å². The van der Waals surface area contributed by atoms with Crippen molar-refractivity contribution in [2.75, 3.05) is 20.1 Å². The van der Waals surface area contributed by atoms with E-state index in [0.717, 1.165) is 6.42 Å². The Hall–Kier alpha value is -1.88. The maximum atomic E-state index is 12.4. The van der Waals surface area contributed by atoms with E-state index in [1.807, 2.05) is 19.1 Å². The molecule has 2 N–H and O–H groups in total. The van der Waals surface area contributed by atoms with Crippen LogP contribution in [-0.2, 0) is 22.6 Å². The van der Waals surface area contributed by atoms with Gasteiger partial charge >= 0.3 is 0 Å². The lowest BCUT2D eigenvalue weighted by Gasteiger charge is -2.28. The van der Waals surface area contributed by atoms with Gasteiger partial charge in [-0.15, -0.1) is 0 Å². The number of benzene rings is 1. The van der Waals surface area contributed by atoms with Crippen molar-refractivity contribution in [3.63, 3.8) is 0 Å². The molecule has 1 aliphatic heterocycles. The van der Waals surface area contributed by atoms with E-state index in [1.54, 1.807) is 7.05 Å². The summed E-state index contributed by atoms with van der Waals surface area (Å²) in [5.41, 5.74) is 2.45. The molecule has 0 saturated carbocycles. The van der Waals surface area contributed by atoms with Crippen molar-refractivity contribution in [2.45, 2.75) is 32.4 Å². The van der Waals surface area contributed by atoms with Crippen LogP contribution in [0.1, 0.15) is 24.5 Å². The number of hydrogen-bond donors (Lipinski definition) is 2. The van der Waals surface area contributed by atoms with Gasteiger partial charge in [0.2, 0.25) is 11.8 Å². The summed E-state index contributed by atoms with van der Waals surface area (Å²) in [6, 6.07) is 7.89. The molecule has 5 heteroatoms. The summed E-state index contributed by atoms with van der Waals surface area (Å²) in [6.45, 7) is 3.45. The van der Waals surface area contributed by atoms with Crippen LogP contribution in [0.25, 0.3) is 0 Å². The zero-order chi connectivity index (χ0) is 15.2. The van der Waals surface area contributed by atoms with E-state index < -0.39 is 0 Å². The average Bonchev–Trinajstić information content (AvgIpc) is 2.51. The highest BCUT2D eigenvalue weighted by Gasteiger charge is 2.26. The minimum absolute atomic E-state index is 0.0313. The summed E-state index contributed by atoms with van der Waals surface area (Å²) < 4.78 is 0. The van der Waals surface area contributed by atoms with Gasteiger partial charge < -0.3 is 15.5 Å². The number of fused-ring (bicyclic) bond motifs is 1. The Labute approximate surface area is 125 Å². The van der Waals surface area contributed by atoms with E-state index in [-0.39, 0.29) is 24.4 Å². The maximum Gasteiger partial charge on any atom is 0.240 e. The smallest absolute Gasteiger partial charge is 0.240 e. The molecule has 114 valence electrons. The van der Waals surface area contributed by atoms with Crippen LogP contribution >= 0.6 is 0 Å². The van der Waals surface area contributed by atoms with Gasteiger partial charge in [-0.2, -0.15) is 0 Å². The van der Waals surface area contributed by atoms with E-state index >= 15 is 0 Å². The van der Waals surface area contributed by atoms with Crippen LogP contribution in [0.15, 0.2) is 24.3 Å². The highest BCUT2D eigenvalue weighted by Crippen LogP contribution is 2.17. The Morgan fingerprint density at radius 3 is 2.76 bits per heavy atom. The summed E-state index contributed by atoms with van der Waals surface area (Å²) in [5, 5.41) is 6.03. The third kappa shape index (κ3) is 4.04. The zero-order valence-electron chi connectivity index (χ0n) is 12.7. The highest BCUT2D eigenvalue weighted by atomic mass is 16.2. The monoisotopic (exact) mass is 289 g/mol. The number of rotatable bonds is 5. The second kappa shape index (κ2) is 7.22. The van der Waals surface area contributed by atoms with E-state index in [9.17, 15) is 9.59 Å². The van der Waals surface area contributed by atoms with Crippen molar-refractivity contribution in [1.29, 1.82) is 0 Å². The Balaban J connectivity index is 1.90. The van der Waals surface area contributed by atoms with Crippen LogP contribution < -0.4 is 10.6 Å². The quantitative estimate of drug-likeness (QED) is 0.838. The highest BCUT2D eigenvalue weighted by molar-refractivity contribution is 5.87. The molecular formula is C16H23N3O2. The van der Waals surface area contributed by atoms with Gasteiger partial charge in [0.25, 0.3) is 0 Å². The molecular weight excluding hydrogens is 266 g/mol. The van der Waals surface area contributed by atoms with Crippen molar-refractivity contribution in [3.05, 3.63) is 35.4 Å². The molecule has 0 radical (unpaired) electrons. The van der Waals surface area contributed by atoms with Crippen LogP contribution in [0.3, 0.4) is 0 Å². The van der Waals surface area contributed by atoms with Gasteiger partial charge in [0.15, 0.2) is 0 Å². The second-order valence-corrected chi connectivity index (χ2v) is 5.45. The Bertz CT molecular complexity index is 516. The third-order valence-corrected chi connectivity index (χ3v) is 3.71. The van der Waals surface area contributed by atoms with E-state index in [4.69, 9.17) is 0 Å². The summed E-state index contributed by atoms with van der Waals surface area (Å²) in [4.78, 5) is 25.6.